The van der Waals surface area contributed by atoms with E-state index in [1.165, 1.54) is 18.3 Å². The van der Waals surface area contributed by atoms with Crippen LogP contribution in [0.1, 0.15) is 19.8 Å². The highest BCUT2D eigenvalue weighted by atomic mass is 16.6. The summed E-state index contributed by atoms with van der Waals surface area (Å²) in [6.07, 6.45) is 2.81. The van der Waals surface area contributed by atoms with E-state index < -0.39 is 11.0 Å². The fourth-order valence-electron chi connectivity index (χ4n) is 2.75. The Kier molecular flexibility index (Phi) is 5.20. The van der Waals surface area contributed by atoms with E-state index in [0.717, 1.165) is 19.4 Å². The molecule has 3 rings (SSSR count). The number of aromatic nitrogens is 1. The van der Waals surface area contributed by atoms with E-state index in [9.17, 15) is 14.9 Å². The molecule has 0 unspecified atom stereocenters. The van der Waals surface area contributed by atoms with Gasteiger partial charge < -0.3 is 14.8 Å². The number of benzene rings is 1. The van der Waals surface area contributed by atoms with Crippen molar-refractivity contribution >= 4 is 28.2 Å². The van der Waals surface area contributed by atoms with Gasteiger partial charge in [-0.05, 0) is 38.0 Å². The van der Waals surface area contributed by atoms with Crippen molar-refractivity contribution in [2.24, 2.45) is 0 Å². The predicted molar refractivity (Wildman–Crippen MR) is 91.4 cm³/mol. The summed E-state index contributed by atoms with van der Waals surface area (Å²) < 4.78 is 11.0. The lowest BCUT2D eigenvalue weighted by Gasteiger charge is -2.16. The SMILES string of the molecule is C[C@@H](OC[C@H]1CCCO1)C(=O)Nc1ccc([N+](=O)[O-])c2ncccc12. The molecule has 2 heterocycles. The normalized spacial score (nSPS) is 18.2. The first-order chi connectivity index (χ1) is 12.1. The quantitative estimate of drug-likeness (QED) is 0.637. The van der Waals surface area contributed by atoms with Crippen LogP contribution in [-0.2, 0) is 14.3 Å². The summed E-state index contributed by atoms with van der Waals surface area (Å²) in [7, 11) is 0. The van der Waals surface area contributed by atoms with Crippen molar-refractivity contribution in [3.8, 4) is 0 Å². The van der Waals surface area contributed by atoms with Gasteiger partial charge in [-0.2, -0.15) is 0 Å². The summed E-state index contributed by atoms with van der Waals surface area (Å²) in [6, 6.07) is 6.19. The lowest BCUT2D eigenvalue weighted by molar-refractivity contribution is -0.383. The van der Waals surface area contributed by atoms with E-state index in [-0.39, 0.29) is 23.2 Å². The first-order valence-electron chi connectivity index (χ1n) is 8.12. The summed E-state index contributed by atoms with van der Waals surface area (Å²) >= 11 is 0. The molecule has 25 heavy (non-hydrogen) atoms. The smallest absolute Gasteiger partial charge is 0.295 e. The lowest BCUT2D eigenvalue weighted by Crippen LogP contribution is -2.30. The Bertz CT molecular complexity index is 789. The number of carbonyl (C=O) groups excluding carboxylic acids is 1. The minimum Gasteiger partial charge on any atom is -0.376 e. The Morgan fingerprint density at radius 1 is 1.52 bits per heavy atom. The van der Waals surface area contributed by atoms with Crippen LogP contribution in [0.25, 0.3) is 10.9 Å². The van der Waals surface area contributed by atoms with Gasteiger partial charge in [0.2, 0.25) is 0 Å². The minimum atomic E-state index is -0.661. The predicted octanol–water partition coefficient (Wildman–Crippen LogP) is 2.67. The molecule has 0 aliphatic carbocycles. The maximum Gasteiger partial charge on any atom is 0.295 e. The monoisotopic (exact) mass is 345 g/mol. The summed E-state index contributed by atoms with van der Waals surface area (Å²) in [6.45, 7) is 2.77. The molecule has 1 aliphatic rings. The highest BCUT2D eigenvalue weighted by molar-refractivity contribution is 6.04. The largest absolute Gasteiger partial charge is 0.376 e. The van der Waals surface area contributed by atoms with Gasteiger partial charge in [0, 0.05) is 24.3 Å². The van der Waals surface area contributed by atoms with E-state index in [4.69, 9.17) is 9.47 Å². The summed E-state index contributed by atoms with van der Waals surface area (Å²) in [5.41, 5.74) is 0.598. The fourth-order valence-corrected chi connectivity index (χ4v) is 2.75. The van der Waals surface area contributed by atoms with Crippen molar-refractivity contribution in [2.75, 3.05) is 18.5 Å². The molecule has 1 fully saturated rings. The van der Waals surface area contributed by atoms with Crippen LogP contribution in [-0.4, -0.2) is 41.2 Å². The van der Waals surface area contributed by atoms with Gasteiger partial charge in [0.25, 0.3) is 11.6 Å². The number of ether oxygens (including phenoxy) is 2. The Labute approximate surface area is 144 Å². The van der Waals surface area contributed by atoms with Crippen LogP contribution in [0.2, 0.25) is 0 Å². The number of nitrogens with zero attached hydrogens (tertiary/aromatic N) is 2. The summed E-state index contributed by atoms with van der Waals surface area (Å²) in [5.74, 6) is -0.322. The van der Waals surface area contributed by atoms with Gasteiger partial charge in [0.15, 0.2) is 0 Å². The van der Waals surface area contributed by atoms with Crippen LogP contribution < -0.4 is 5.32 Å². The van der Waals surface area contributed by atoms with Gasteiger partial charge in [-0.3, -0.25) is 14.9 Å². The molecule has 132 valence electrons. The summed E-state index contributed by atoms with van der Waals surface area (Å²) in [4.78, 5) is 27.0. The van der Waals surface area contributed by atoms with E-state index in [0.29, 0.717) is 17.7 Å². The zero-order valence-corrected chi connectivity index (χ0v) is 13.8. The Morgan fingerprint density at radius 3 is 3.08 bits per heavy atom. The van der Waals surface area contributed by atoms with Crippen LogP contribution in [0, 0.1) is 10.1 Å². The zero-order chi connectivity index (χ0) is 17.8. The molecule has 1 saturated heterocycles. The molecule has 0 bridgehead atoms. The van der Waals surface area contributed by atoms with Gasteiger partial charge in [-0.1, -0.05) is 0 Å². The van der Waals surface area contributed by atoms with Gasteiger partial charge >= 0.3 is 0 Å². The fraction of sp³-hybridized carbons (Fsp3) is 0.412. The molecule has 2 atom stereocenters. The summed E-state index contributed by atoms with van der Waals surface area (Å²) in [5, 5.41) is 14.4. The molecule has 0 spiro atoms. The van der Waals surface area contributed by atoms with Gasteiger partial charge in [0.1, 0.15) is 11.6 Å². The maximum atomic E-state index is 12.3. The number of nitrogens with one attached hydrogen (secondary N) is 1. The first kappa shape index (κ1) is 17.2. The van der Waals surface area contributed by atoms with Crippen molar-refractivity contribution in [2.45, 2.75) is 32.0 Å². The number of hydrogen-bond donors (Lipinski definition) is 1. The first-order valence-corrected chi connectivity index (χ1v) is 8.12. The average Bonchev–Trinajstić information content (AvgIpc) is 3.13. The van der Waals surface area contributed by atoms with Crippen LogP contribution in [0.3, 0.4) is 0 Å². The molecule has 8 nitrogen and oxygen atoms in total. The third-order valence-corrected chi connectivity index (χ3v) is 4.13. The number of carbonyl (C=O) groups is 1. The molecular formula is C17H19N3O5. The van der Waals surface area contributed by atoms with Crippen LogP contribution >= 0.6 is 0 Å². The van der Waals surface area contributed by atoms with Crippen LogP contribution in [0.5, 0.6) is 0 Å². The number of pyridine rings is 1. The van der Waals surface area contributed by atoms with Crippen LogP contribution in [0.15, 0.2) is 30.5 Å². The molecule has 1 aromatic carbocycles. The standard InChI is InChI=1S/C17H19N3O5/c1-11(25-10-12-4-3-9-24-12)17(21)19-14-6-7-15(20(22)23)16-13(14)5-2-8-18-16/h2,5-8,11-12H,3-4,9-10H2,1H3,(H,19,21)/t11-,12-/m1/s1. The Balaban J connectivity index is 1.72. The molecule has 2 aromatic rings. The topological polar surface area (TPSA) is 104 Å². The highest BCUT2D eigenvalue weighted by Gasteiger charge is 2.21. The number of rotatable bonds is 6. The van der Waals surface area contributed by atoms with Gasteiger partial charge in [-0.25, -0.2) is 4.98 Å². The molecule has 8 heteroatoms. The number of nitro benzene ring substituents is 1. The van der Waals surface area contributed by atoms with E-state index in [1.807, 2.05) is 0 Å². The average molecular weight is 345 g/mol. The number of hydrogen-bond acceptors (Lipinski definition) is 6. The molecular weight excluding hydrogens is 326 g/mol. The van der Waals surface area contributed by atoms with E-state index >= 15 is 0 Å². The third kappa shape index (κ3) is 3.92. The molecule has 1 aromatic heterocycles. The lowest BCUT2D eigenvalue weighted by atomic mass is 10.1. The van der Waals surface area contributed by atoms with E-state index in [1.54, 1.807) is 19.1 Å². The van der Waals surface area contributed by atoms with Gasteiger partial charge in [0.05, 0.1) is 23.3 Å². The molecule has 0 radical (unpaired) electrons. The Morgan fingerprint density at radius 2 is 2.36 bits per heavy atom. The number of non-ortho nitro benzene ring substituents is 1. The number of amides is 1. The molecule has 1 amide bonds. The van der Waals surface area contributed by atoms with Crippen molar-refractivity contribution in [1.82, 2.24) is 4.98 Å². The van der Waals surface area contributed by atoms with Gasteiger partial charge in [-0.15, -0.1) is 0 Å². The van der Waals surface area contributed by atoms with Crippen molar-refractivity contribution in [3.63, 3.8) is 0 Å². The maximum absolute atomic E-state index is 12.3. The second-order valence-corrected chi connectivity index (χ2v) is 5.89. The molecule has 1 N–H and O–H groups in total. The third-order valence-electron chi connectivity index (χ3n) is 4.13. The second kappa shape index (κ2) is 7.54. The van der Waals surface area contributed by atoms with Crippen molar-refractivity contribution in [1.29, 1.82) is 0 Å². The second-order valence-electron chi connectivity index (χ2n) is 5.89. The number of fused-ring (bicyclic) bond motifs is 1. The minimum absolute atomic E-state index is 0.0413. The molecule has 1 aliphatic heterocycles. The van der Waals surface area contributed by atoms with Crippen LogP contribution in [0.4, 0.5) is 11.4 Å². The van der Waals surface area contributed by atoms with Crippen molar-refractivity contribution in [3.05, 3.63) is 40.6 Å². The number of nitro groups is 1. The highest BCUT2D eigenvalue weighted by Crippen LogP contribution is 2.29. The van der Waals surface area contributed by atoms with E-state index in [2.05, 4.69) is 10.3 Å². The Hall–Kier alpha value is -2.58. The van der Waals surface area contributed by atoms with Crippen molar-refractivity contribution < 1.29 is 19.2 Å². The zero-order valence-electron chi connectivity index (χ0n) is 13.8. The molecule has 0 saturated carbocycles. The number of anilines is 1.